The van der Waals surface area contributed by atoms with Crippen LogP contribution in [0.25, 0.3) is 6.08 Å². The summed E-state index contributed by atoms with van der Waals surface area (Å²) in [5, 5.41) is -0.196. The van der Waals surface area contributed by atoms with Crippen molar-refractivity contribution in [3.05, 3.63) is 65.1 Å². The smallest absolute Gasteiger partial charge is 0.293 e. The number of thioether (sulfide) groups is 1. The third-order valence-corrected chi connectivity index (χ3v) is 7.16. The predicted molar refractivity (Wildman–Crippen MR) is 135 cm³/mol. The Labute approximate surface area is 202 Å². The normalized spacial score (nSPS) is 16.6. The van der Waals surface area contributed by atoms with E-state index in [1.807, 2.05) is 26.0 Å². The average Bonchev–Trinajstić information content (AvgIpc) is 2.95. The molecule has 1 aliphatic heterocycles. The monoisotopic (exact) mass is 633 g/mol. The summed E-state index contributed by atoms with van der Waals surface area (Å²) in [6.45, 7) is 6.43. The molecule has 2 aromatic rings. The molecule has 1 heterocycles. The van der Waals surface area contributed by atoms with Gasteiger partial charge in [-0.15, -0.1) is 0 Å². The van der Waals surface area contributed by atoms with E-state index in [9.17, 15) is 9.59 Å². The van der Waals surface area contributed by atoms with Crippen molar-refractivity contribution in [3.8, 4) is 5.75 Å². The number of rotatable bonds is 6. The van der Waals surface area contributed by atoms with Crippen LogP contribution >= 0.6 is 56.9 Å². The van der Waals surface area contributed by atoms with Crippen molar-refractivity contribution in [3.63, 3.8) is 0 Å². The fourth-order valence-corrected chi connectivity index (χ4v) is 5.89. The molecule has 0 unspecified atom stereocenters. The molecular formula is C22H21I2NO3S. The highest BCUT2D eigenvalue weighted by atomic mass is 127. The van der Waals surface area contributed by atoms with Crippen LogP contribution in [0.4, 0.5) is 4.79 Å². The minimum atomic E-state index is -0.209. The summed E-state index contributed by atoms with van der Waals surface area (Å²) in [5.74, 6) is 0.621. The fourth-order valence-electron chi connectivity index (χ4n) is 2.83. The van der Waals surface area contributed by atoms with Gasteiger partial charge in [-0.3, -0.25) is 14.5 Å². The molecule has 0 aromatic heterocycles. The molecule has 0 N–H and O–H groups in total. The zero-order chi connectivity index (χ0) is 21.1. The maximum absolute atomic E-state index is 12.6. The molecule has 0 radical (unpaired) electrons. The number of halogens is 2. The van der Waals surface area contributed by atoms with E-state index in [0.717, 1.165) is 42.2 Å². The molecule has 1 aliphatic rings. The Morgan fingerprint density at radius 3 is 2.34 bits per heavy atom. The zero-order valence-electron chi connectivity index (χ0n) is 16.4. The molecule has 1 fully saturated rings. The van der Waals surface area contributed by atoms with E-state index >= 15 is 0 Å². The van der Waals surface area contributed by atoms with Crippen molar-refractivity contribution < 1.29 is 14.3 Å². The molecule has 0 aliphatic carbocycles. The van der Waals surface area contributed by atoms with Gasteiger partial charge in [-0.25, -0.2) is 0 Å². The number of benzene rings is 2. The van der Waals surface area contributed by atoms with E-state index in [1.54, 1.807) is 6.08 Å². The molecular weight excluding hydrogens is 612 g/mol. The number of nitrogens with zero attached hydrogens (tertiary/aromatic N) is 1. The highest BCUT2D eigenvalue weighted by molar-refractivity contribution is 14.1. The highest BCUT2D eigenvalue weighted by Gasteiger charge is 2.37. The van der Waals surface area contributed by atoms with Gasteiger partial charge in [-0.1, -0.05) is 36.8 Å². The minimum absolute atomic E-state index is 0.0915. The summed E-state index contributed by atoms with van der Waals surface area (Å²) in [4.78, 5) is 26.7. The first-order valence-electron chi connectivity index (χ1n) is 9.24. The Morgan fingerprint density at radius 1 is 1.14 bits per heavy atom. The second-order valence-corrected chi connectivity index (χ2v) is 10.2. The standard InChI is InChI=1S/C22H21I2NO3S/c1-4-14(3)25-21(26)19(29-22(25)27)11-16-9-17(23)20(18(24)10-16)28-12-15-7-5-13(2)6-8-15/h5-11,14H,4,12H2,1-3H3/b19-11+/t14-/m1/s1. The third kappa shape index (κ3) is 5.35. The first-order chi connectivity index (χ1) is 13.8. The van der Waals surface area contributed by atoms with E-state index < -0.39 is 0 Å². The Balaban J connectivity index is 1.78. The van der Waals surface area contributed by atoms with Gasteiger partial charge in [0.05, 0.1) is 12.0 Å². The molecule has 1 saturated heterocycles. The van der Waals surface area contributed by atoms with Crippen LogP contribution in [-0.2, 0) is 11.4 Å². The number of hydrogen-bond donors (Lipinski definition) is 0. The lowest BCUT2D eigenvalue weighted by atomic mass is 10.1. The van der Waals surface area contributed by atoms with Crippen LogP contribution in [0.3, 0.4) is 0 Å². The summed E-state index contributed by atoms with van der Waals surface area (Å²) >= 11 is 5.50. The van der Waals surface area contributed by atoms with Gasteiger partial charge in [0.1, 0.15) is 12.4 Å². The molecule has 2 amide bonds. The van der Waals surface area contributed by atoms with E-state index in [4.69, 9.17) is 4.74 Å². The summed E-state index contributed by atoms with van der Waals surface area (Å²) in [6.07, 6.45) is 2.54. The molecule has 7 heteroatoms. The lowest BCUT2D eigenvalue weighted by molar-refractivity contribution is -0.124. The van der Waals surface area contributed by atoms with Gasteiger partial charge in [0.15, 0.2) is 0 Å². The van der Waals surface area contributed by atoms with E-state index in [2.05, 4.69) is 76.4 Å². The van der Waals surface area contributed by atoms with E-state index in [-0.39, 0.29) is 17.2 Å². The molecule has 0 spiro atoms. The van der Waals surface area contributed by atoms with Crippen LogP contribution < -0.4 is 4.74 Å². The SMILES string of the molecule is CC[C@@H](C)N1C(=O)S/C(=C/c2cc(I)c(OCc3ccc(C)cc3)c(I)c2)C1=O. The van der Waals surface area contributed by atoms with Gasteiger partial charge in [0.2, 0.25) is 0 Å². The second kappa shape index (κ2) is 9.82. The van der Waals surface area contributed by atoms with Crippen molar-refractivity contribution in [1.82, 2.24) is 4.90 Å². The second-order valence-electron chi connectivity index (χ2n) is 6.90. The van der Waals surface area contributed by atoms with Gasteiger partial charge in [-0.2, -0.15) is 0 Å². The Morgan fingerprint density at radius 2 is 1.76 bits per heavy atom. The van der Waals surface area contributed by atoms with Crippen LogP contribution in [0.15, 0.2) is 41.3 Å². The Hall–Kier alpha value is -1.07. The molecule has 2 aromatic carbocycles. The third-order valence-electron chi connectivity index (χ3n) is 4.68. The van der Waals surface area contributed by atoms with Gasteiger partial charge in [-0.05, 0) is 107 Å². The van der Waals surface area contributed by atoms with E-state index in [0.29, 0.717) is 11.5 Å². The zero-order valence-corrected chi connectivity index (χ0v) is 21.5. The maximum atomic E-state index is 12.6. The quantitative estimate of drug-likeness (QED) is 0.265. The lowest BCUT2D eigenvalue weighted by Crippen LogP contribution is -2.36. The number of carbonyl (C=O) groups excluding carboxylic acids is 2. The molecule has 152 valence electrons. The minimum Gasteiger partial charge on any atom is -0.487 e. The average molecular weight is 633 g/mol. The number of hydrogen-bond acceptors (Lipinski definition) is 4. The predicted octanol–water partition coefficient (Wildman–Crippen LogP) is 6.62. The first-order valence-corrected chi connectivity index (χ1v) is 12.2. The Bertz CT molecular complexity index is 950. The van der Waals surface area contributed by atoms with Gasteiger partial charge < -0.3 is 4.74 Å². The van der Waals surface area contributed by atoms with Crippen molar-refractivity contribution in [1.29, 1.82) is 0 Å². The van der Waals surface area contributed by atoms with Crippen LogP contribution in [0.2, 0.25) is 0 Å². The van der Waals surface area contributed by atoms with Crippen molar-refractivity contribution in [2.24, 2.45) is 0 Å². The molecule has 1 atom stereocenters. The molecule has 4 nitrogen and oxygen atoms in total. The van der Waals surface area contributed by atoms with Gasteiger partial charge >= 0.3 is 0 Å². The summed E-state index contributed by atoms with van der Waals surface area (Å²) in [6, 6.07) is 12.1. The Kier molecular flexibility index (Phi) is 7.66. The molecule has 0 bridgehead atoms. The van der Waals surface area contributed by atoms with Crippen LogP contribution in [0.1, 0.15) is 37.0 Å². The number of amides is 2. The summed E-state index contributed by atoms with van der Waals surface area (Å²) in [5.41, 5.74) is 3.22. The number of imide groups is 1. The summed E-state index contributed by atoms with van der Waals surface area (Å²) < 4.78 is 7.98. The van der Waals surface area contributed by atoms with E-state index in [1.165, 1.54) is 10.5 Å². The number of aryl methyl sites for hydroxylation is 1. The topological polar surface area (TPSA) is 46.6 Å². The van der Waals surface area contributed by atoms with Crippen molar-refractivity contribution in [2.45, 2.75) is 39.8 Å². The van der Waals surface area contributed by atoms with Crippen molar-refractivity contribution >= 4 is 74.2 Å². The first kappa shape index (κ1) is 22.6. The summed E-state index contributed by atoms with van der Waals surface area (Å²) in [7, 11) is 0. The number of ether oxygens (including phenoxy) is 1. The molecule has 3 rings (SSSR count). The van der Waals surface area contributed by atoms with Crippen molar-refractivity contribution in [2.75, 3.05) is 0 Å². The maximum Gasteiger partial charge on any atom is 0.293 e. The molecule has 0 saturated carbocycles. The number of carbonyl (C=O) groups is 2. The van der Waals surface area contributed by atoms with Gasteiger partial charge in [0.25, 0.3) is 11.1 Å². The highest BCUT2D eigenvalue weighted by Crippen LogP contribution is 2.36. The van der Waals surface area contributed by atoms with Crippen LogP contribution in [-0.4, -0.2) is 22.1 Å². The van der Waals surface area contributed by atoms with Gasteiger partial charge in [0, 0.05) is 6.04 Å². The van der Waals surface area contributed by atoms with Crippen LogP contribution in [0.5, 0.6) is 5.75 Å². The largest absolute Gasteiger partial charge is 0.487 e. The fraction of sp³-hybridized carbons (Fsp3) is 0.273. The lowest BCUT2D eigenvalue weighted by Gasteiger charge is -2.19. The molecule has 29 heavy (non-hydrogen) atoms. The van der Waals surface area contributed by atoms with Crippen LogP contribution in [0, 0.1) is 14.1 Å².